The molecule has 3 aromatic heterocycles. The molecule has 3 aromatic carbocycles. The Morgan fingerprint density at radius 1 is 0.900 bits per heavy atom. The summed E-state index contributed by atoms with van der Waals surface area (Å²) in [6.45, 7) is 12.4. The molecule has 428 valence electrons. The number of fused-ring (bicyclic) bond motifs is 1. The van der Waals surface area contributed by atoms with Crippen LogP contribution in [0.15, 0.2) is 77.0 Å². The lowest BCUT2D eigenvalue weighted by molar-refractivity contribution is -0.141. The normalized spacial score (nSPS) is 16.5. The first-order valence-corrected chi connectivity index (χ1v) is 29.1. The minimum absolute atomic E-state index is 0.00407. The van der Waals surface area contributed by atoms with Gasteiger partial charge in [-0.05, 0) is 74.4 Å². The summed E-state index contributed by atoms with van der Waals surface area (Å²) in [5.41, 5.74) is 6.33. The van der Waals surface area contributed by atoms with Crippen LogP contribution >= 0.6 is 22.9 Å². The van der Waals surface area contributed by atoms with Gasteiger partial charge >= 0.3 is 0 Å². The second-order valence-electron chi connectivity index (χ2n) is 21.1. The summed E-state index contributed by atoms with van der Waals surface area (Å²) >= 11 is 7.54. The van der Waals surface area contributed by atoms with Gasteiger partial charge in [0.25, 0.3) is 0 Å². The molecule has 4 amide bonds. The molecule has 0 radical (unpaired) electrons. The predicted molar refractivity (Wildman–Crippen MR) is 307 cm³/mol. The van der Waals surface area contributed by atoms with Gasteiger partial charge in [-0.25, -0.2) is 19.3 Å². The number of hydrogen-bond donors (Lipinski definition) is 4. The molecule has 0 unspecified atom stereocenters. The molecule has 8 rings (SSSR count). The number of ether oxygens (including phenoxy) is 2. The Hall–Kier alpha value is -6.74. The fourth-order valence-electron chi connectivity index (χ4n) is 10.5. The zero-order valence-electron chi connectivity index (χ0n) is 46.3. The number of methoxy groups -OCH3 is 1. The number of nitrogens with zero attached hydrogens (tertiary/aromatic N) is 7. The number of hydrogen-bond acceptors (Lipinski definition) is 15. The number of anilines is 2. The van der Waals surface area contributed by atoms with Crippen LogP contribution in [0.25, 0.3) is 21.3 Å². The Kier molecular flexibility index (Phi) is 21.2. The SMILES string of the molecule is COc1cc2ncnc(Nc3ccc(F)c(Cl)c3)c2cc1OCCCN1CCN(C(=O)CCCCCCCCCNC(=O)C[C@H](NC(=O)[C@@H]2C[C@@H](O)CN2C(=O)[C@@H](c2cc(C)no2)C(C)C)c2ccc(-c3scnc3C)cc2)CC1. The van der Waals surface area contributed by atoms with Crippen molar-refractivity contribution < 1.29 is 42.7 Å². The zero-order valence-corrected chi connectivity index (χ0v) is 47.9. The molecule has 2 fully saturated rings. The van der Waals surface area contributed by atoms with Crippen LogP contribution in [0.1, 0.15) is 119 Å². The Morgan fingerprint density at radius 2 is 1.65 bits per heavy atom. The van der Waals surface area contributed by atoms with E-state index < -0.39 is 35.8 Å². The first-order chi connectivity index (χ1) is 38.6. The molecule has 21 heteroatoms. The van der Waals surface area contributed by atoms with Gasteiger partial charge < -0.3 is 44.9 Å². The number of unbranched alkanes of at least 4 members (excludes halogenated alkanes) is 6. The first-order valence-electron chi connectivity index (χ1n) is 27.8. The molecule has 5 heterocycles. The molecule has 0 bridgehead atoms. The van der Waals surface area contributed by atoms with Crippen molar-refractivity contribution in [2.45, 2.75) is 122 Å². The average molecular weight is 1140 g/mol. The van der Waals surface area contributed by atoms with Crippen molar-refractivity contribution in [2.24, 2.45) is 5.92 Å². The number of halogens is 2. The third-order valence-electron chi connectivity index (χ3n) is 14.9. The van der Waals surface area contributed by atoms with E-state index in [1.54, 1.807) is 49.1 Å². The highest BCUT2D eigenvalue weighted by molar-refractivity contribution is 7.13. The van der Waals surface area contributed by atoms with Gasteiger partial charge in [0.05, 0.1) is 64.6 Å². The van der Waals surface area contributed by atoms with Gasteiger partial charge in [-0.15, -0.1) is 11.3 Å². The number of likely N-dealkylation sites (tertiary alicyclic amines) is 1. The molecule has 6 aromatic rings. The van der Waals surface area contributed by atoms with Crippen LogP contribution in [-0.2, 0) is 19.2 Å². The number of piperazine rings is 1. The molecular formula is C59H74ClFN10O8S. The Labute approximate surface area is 476 Å². The number of aliphatic hydroxyl groups is 1. The van der Waals surface area contributed by atoms with Crippen molar-refractivity contribution in [1.29, 1.82) is 0 Å². The summed E-state index contributed by atoms with van der Waals surface area (Å²) < 4.78 is 31.1. The van der Waals surface area contributed by atoms with Crippen molar-refractivity contribution >= 4 is 69.0 Å². The summed E-state index contributed by atoms with van der Waals surface area (Å²) in [7, 11) is 1.58. The molecule has 80 heavy (non-hydrogen) atoms. The smallest absolute Gasteiger partial charge is 0.243 e. The molecule has 2 saturated heterocycles. The van der Waals surface area contributed by atoms with Gasteiger partial charge in [0.15, 0.2) is 11.5 Å². The fourth-order valence-corrected chi connectivity index (χ4v) is 11.5. The number of carbonyl (C=O) groups is 4. The number of rotatable bonds is 27. The van der Waals surface area contributed by atoms with Crippen LogP contribution in [0.4, 0.5) is 15.9 Å². The highest BCUT2D eigenvalue weighted by atomic mass is 35.5. The number of aromatic nitrogens is 4. The Bertz CT molecular complexity index is 3040. The molecule has 0 aliphatic carbocycles. The molecule has 0 spiro atoms. The molecule has 0 saturated carbocycles. The van der Waals surface area contributed by atoms with Gasteiger partial charge in [0.2, 0.25) is 23.6 Å². The standard InChI is InChI=1S/C59H74ClFN10O8S/c1-37(2)55(52-28-38(3)68-79-52)59(76)71-34-43(72)30-49(71)58(75)67-47(40-15-17-41(18-16-40)56-39(4)65-36-80-56)33-53(73)62-21-12-10-8-6-7-9-11-14-54(74)70-25-23-69(24-26-70)22-13-27-78-51-31-44-48(32-50(51)77-5)63-35-64-57(44)66-42-19-20-46(61)45(60)29-42/h15-20,28-29,31-32,35-37,43,47,49,55,72H,6-14,21-27,30,33-34H2,1-5H3,(H,62,73)(H,67,75)(H,63,64,66)/t43-,47+,49+,55-/m1/s1. The number of amides is 4. The van der Waals surface area contributed by atoms with Crippen molar-refractivity contribution in [3.63, 3.8) is 0 Å². The Morgan fingerprint density at radius 3 is 2.34 bits per heavy atom. The van der Waals surface area contributed by atoms with Gasteiger partial charge in [-0.3, -0.25) is 24.1 Å². The monoisotopic (exact) mass is 1140 g/mol. The van der Waals surface area contributed by atoms with Gasteiger partial charge in [-0.2, -0.15) is 0 Å². The van der Waals surface area contributed by atoms with E-state index in [-0.39, 0.29) is 48.0 Å². The van der Waals surface area contributed by atoms with E-state index >= 15 is 0 Å². The maximum atomic E-state index is 14.2. The van der Waals surface area contributed by atoms with E-state index in [2.05, 4.69) is 41.0 Å². The van der Waals surface area contributed by atoms with Crippen LogP contribution in [-0.4, -0.2) is 135 Å². The van der Waals surface area contributed by atoms with Crippen LogP contribution in [0.5, 0.6) is 11.5 Å². The van der Waals surface area contributed by atoms with E-state index in [4.69, 9.17) is 25.6 Å². The van der Waals surface area contributed by atoms with Crippen LogP contribution in [0.2, 0.25) is 5.02 Å². The van der Waals surface area contributed by atoms with Gasteiger partial charge in [-0.1, -0.05) is 87.0 Å². The second-order valence-corrected chi connectivity index (χ2v) is 22.4. The lowest BCUT2D eigenvalue weighted by atomic mass is 9.91. The summed E-state index contributed by atoms with van der Waals surface area (Å²) in [6.07, 6.45) is 8.68. The molecule has 4 atom stereocenters. The summed E-state index contributed by atoms with van der Waals surface area (Å²) in [5, 5.41) is 24.8. The molecule has 2 aliphatic rings. The maximum absolute atomic E-state index is 14.2. The molecule has 18 nitrogen and oxygen atoms in total. The summed E-state index contributed by atoms with van der Waals surface area (Å²) in [5.74, 6) is -0.0538. The highest BCUT2D eigenvalue weighted by Crippen LogP contribution is 2.36. The number of nitrogens with one attached hydrogen (secondary N) is 3. The van der Waals surface area contributed by atoms with E-state index in [9.17, 15) is 28.7 Å². The van der Waals surface area contributed by atoms with E-state index in [0.29, 0.717) is 78.0 Å². The minimum atomic E-state index is -0.939. The lowest BCUT2D eigenvalue weighted by Crippen LogP contribution is -2.49. The largest absolute Gasteiger partial charge is 0.493 e. The third-order valence-corrected chi connectivity index (χ3v) is 16.1. The number of aryl methyl sites for hydroxylation is 2. The molecule has 4 N–H and O–H groups in total. The first kappa shape index (κ1) is 59.4. The summed E-state index contributed by atoms with van der Waals surface area (Å²) in [4.78, 5) is 74.9. The topological polar surface area (TPSA) is 217 Å². The van der Waals surface area contributed by atoms with Crippen LogP contribution < -0.4 is 25.4 Å². The van der Waals surface area contributed by atoms with Crippen molar-refractivity contribution in [3.8, 4) is 21.9 Å². The number of benzene rings is 3. The number of thiazole rings is 1. The number of carbonyl (C=O) groups excluding carboxylic acids is 4. The third kappa shape index (κ3) is 15.8. The number of aliphatic hydroxyl groups excluding tert-OH is 1. The number of β-amino-alcohol motifs (C(OH)–C–C–N with tert-alkyl or cyclic N) is 1. The van der Waals surface area contributed by atoms with E-state index in [1.165, 1.54) is 23.4 Å². The zero-order chi connectivity index (χ0) is 56.7. The Balaban J connectivity index is 0.713. The lowest BCUT2D eigenvalue weighted by Gasteiger charge is -2.34. The van der Waals surface area contributed by atoms with E-state index in [1.807, 2.05) is 56.0 Å². The quantitative estimate of drug-likeness (QED) is 0.0353. The second kappa shape index (κ2) is 28.6. The molecule has 2 aliphatic heterocycles. The molecular weight excluding hydrogens is 1060 g/mol. The van der Waals surface area contributed by atoms with Crippen LogP contribution in [0.3, 0.4) is 0 Å². The highest BCUT2D eigenvalue weighted by Gasteiger charge is 2.44. The maximum Gasteiger partial charge on any atom is 0.243 e. The summed E-state index contributed by atoms with van der Waals surface area (Å²) in [6, 6.07) is 15.9. The average Bonchev–Trinajstić information content (AvgIpc) is 4.23. The minimum Gasteiger partial charge on any atom is -0.493 e. The van der Waals surface area contributed by atoms with Crippen LogP contribution in [0, 0.1) is 25.6 Å². The van der Waals surface area contributed by atoms with Crippen molar-refractivity contribution in [1.82, 2.24) is 45.4 Å². The van der Waals surface area contributed by atoms with Gasteiger partial charge in [0.1, 0.15) is 35.7 Å². The predicted octanol–water partition coefficient (Wildman–Crippen LogP) is 9.70. The van der Waals surface area contributed by atoms with E-state index in [0.717, 1.165) is 92.7 Å². The fraction of sp³-hybridized carbons (Fsp3) is 0.492. The van der Waals surface area contributed by atoms with Gasteiger partial charge in [0, 0.05) is 81.9 Å². The van der Waals surface area contributed by atoms with Crippen molar-refractivity contribution in [3.05, 3.63) is 106 Å². The van der Waals surface area contributed by atoms with Crippen molar-refractivity contribution in [2.75, 3.05) is 64.8 Å².